The molecule has 3 aromatic rings. The van der Waals surface area contributed by atoms with Gasteiger partial charge in [-0.2, -0.15) is 0 Å². The Kier molecular flexibility index (Phi) is 7.95. The van der Waals surface area contributed by atoms with Crippen molar-refractivity contribution in [2.24, 2.45) is 0 Å². The zero-order valence-corrected chi connectivity index (χ0v) is 18.8. The molecule has 1 aliphatic rings. The summed E-state index contributed by atoms with van der Waals surface area (Å²) in [5.74, 6) is 1.01. The first-order valence-corrected chi connectivity index (χ1v) is 11.2. The van der Waals surface area contributed by atoms with Crippen molar-refractivity contribution in [2.75, 3.05) is 18.5 Å². The van der Waals surface area contributed by atoms with E-state index >= 15 is 0 Å². The summed E-state index contributed by atoms with van der Waals surface area (Å²) < 4.78 is 17.2. The highest BCUT2D eigenvalue weighted by Crippen LogP contribution is 2.29. The highest BCUT2D eigenvalue weighted by Gasteiger charge is 2.17. The highest BCUT2D eigenvalue weighted by atomic mass is 35.5. The van der Waals surface area contributed by atoms with E-state index in [9.17, 15) is 4.79 Å². The van der Waals surface area contributed by atoms with Gasteiger partial charge in [0.1, 0.15) is 24.7 Å². The Morgan fingerprint density at radius 1 is 1.15 bits per heavy atom. The fraction of sp³-hybridized carbons (Fsp3) is 0.231. The van der Waals surface area contributed by atoms with Gasteiger partial charge in [0.15, 0.2) is 0 Å². The van der Waals surface area contributed by atoms with Crippen molar-refractivity contribution in [3.63, 3.8) is 0 Å². The number of ether oxygens (including phenoxy) is 3. The standard InChI is InChI=1S/C26H25ClN2O4/c27-20-9-12-25(33-18-23-5-3-15-31-23)24(16-20)29-26(30)13-8-19-6-10-22(11-7-19)32-17-21-4-1-2-14-28-21/h1-2,4,6-14,16,23H,3,5,15,17-18H2,(H,29,30)/b13-8+. The number of hydrogen-bond donors (Lipinski definition) is 1. The number of amides is 1. The molecule has 0 aliphatic carbocycles. The lowest BCUT2D eigenvalue weighted by atomic mass is 10.2. The van der Waals surface area contributed by atoms with Crippen LogP contribution in [0.3, 0.4) is 0 Å². The van der Waals surface area contributed by atoms with Gasteiger partial charge in [-0.25, -0.2) is 0 Å². The molecule has 1 atom stereocenters. The lowest BCUT2D eigenvalue weighted by Crippen LogP contribution is -2.17. The van der Waals surface area contributed by atoms with Gasteiger partial charge in [0.25, 0.3) is 0 Å². The van der Waals surface area contributed by atoms with Crippen LogP contribution in [0.1, 0.15) is 24.1 Å². The van der Waals surface area contributed by atoms with Crippen molar-refractivity contribution in [1.29, 1.82) is 0 Å². The predicted molar refractivity (Wildman–Crippen MR) is 129 cm³/mol. The summed E-state index contributed by atoms with van der Waals surface area (Å²) in [7, 11) is 0. The summed E-state index contributed by atoms with van der Waals surface area (Å²) in [6.45, 7) is 1.60. The van der Waals surface area contributed by atoms with Crippen LogP contribution in [0.5, 0.6) is 11.5 Å². The molecule has 0 bridgehead atoms. The van der Waals surface area contributed by atoms with Crippen molar-refractivity contribution in [2.45, 2.75) is 25.6 Å². The molecule has 1 unspecified atom stereocenters. The molecular formula is C26H25ClN2O4. The number of rotatable bonds is 9. The van der Waals surface area contributed by atoms with E-state index in [1.165, 1.54) is 6.08 Å². The van der Waals surface area contributed by atoms with Gasteiger partial charge in [0.05, 0.1) is 17.5 Å². The van der Waals surface area contributed by atoms with E-state index in [2.05, 4.69) is 10.3 Å². The lowest BCUT2D eigenvalue weighted by Gasteiger charge is -2.15. The molecule has 1 N–H and O–H groups in total. The molecule has 33 heavy (non-hydrogen) atoms. The molecule has 1 aliphatic heterocycles. The third-order valence-corrected chi connectivity index (χ3v) is 5.30. The van der Waals surface area contributed by atoms with Crippen LogP contribution < -0.4 is 14.8 Å². The van der Waals surface area contributed by atoms with Crippen molar-refractivity contribution in [3.05, 3.63) is 89.2 Å². The topological polar surface area (TPSA) is 69.7 Å². The van der Waals surface area contributed by atoms with E-state index in [1.807, 2.05) is 42.5 Å². The van der Waals surface area contributed by atoms with Crippen LogP contribution >= 0.6 is 11.6 Å². The van der Waals surface area contributed by atoms with Crippen molar-refractivity contribution >= 4 is 29.3 Å². The summed E-state index contributed by atoms with van der Waals surface area (Å²) in [4.78, 5) is 16.7. The van der Waals surface area contributed by atoms with Crippen LogP contribution in [-0.2, 0) is 16.1 Å². The number of hydrogen-bond acceptors (Lipinski definition) is 5. The molecule has 6 nitrogen and oxygen atoms in total. The molecule has 170 valence electrons. The maximum atomic E-state index is 12.5. The number of benzene rings is 2. The molecule has 0 saturated carbocycles. The zero-order chi connectivity index (χ0) is 22.9. The van der Waals surface area contributed by atoms with Gasteiger partial charge in [-0.15, -0.1) is 0 Å². The number of nitrogens with zero attached hydrogens (tertiary/aromatic N) is 1. The maximum Gasteiger partial charge on any atom is 0.248 e. The van der Waals surface area contributed by atoms with Crippen molar-refractivity contribution in [3.8, 4) is 11.5 Å². The fourth-order valence-electron chi connectivity index (χ4n) is 3.35. The first kappa shape index (κ1) is 22.8. The Morgan fingerprint density at radius 3 is 2.79 bits per heavy atom. The van der Waals surface area contributed by atoms with E-state index < -0.39 is 0 Å². The van der Waals surface area contributed by atoms with Gasteiger partial charge in [-0.3, -0.25) is 9.78 Å². The molecule has 1 aromatic heterocycles. The first-order valence-electron chi connectivity index (χ1n) is 10.8. The average molecular weight is 465 g/mol. The van der Waals surface area contributed by atoms with E-state index in [1.54, 1.807) is 30.5 Å². The summed E-state index contributed by atoms with van der Waals surface area (Å²) in [6.07, 6.45) is 7.04. The van der Waals surface area contributed by atoms with E-state index in [-0.39, 0.29) is 12.0 Å². The smallest absolute Gasteiger partial charge is 0.248 e. The van der Waals surface area contributed by atoms with Gasteiger partial charge in [0, 0.05) is 23.9 Å². The molecule has 2 aromatic carbocycles. The summed E-state index contributed by atoms with van der Waals surface area (Å²) in [5, 5.41) is 3.35. The second kappa shape index (κ2) is 11.5. The third kappa shape index (κ3) is 7.07. The summed E-state index contributed by atoms with van der Waals surface area (Å²) >= 11 is 6.11. The van der Waals surface area contributed by atoms with Gasteiger partial charge >= 0.3 is 0 Å². The van der Waals surface area contributed by atoms with Crippen LogP contribution in [0.4, 0.5) is 5.69 Å². The quantitative estimate of drug-likeness (QED) is 0.422. The Balaban J connectivity index is 1.31. The van der Waals surface area contributed by atoms with Crippen LogP contribution in [0.2, 0.25) is 5.02 Å². The molecule has 7 heteroatoms. The number of carbonyl (C=O) groups is 1. The molecule has 0 spiro atoms. The molecule has 0 radical (unpaired) electrons. The molecule has 2 heterocycles. The fourth-order valence-corrected chi connectivity index (χ4v) is 3.52. The minimum Gasteiger partial charge on any atom is -0.489 e. The van der Waals surface area contributed by atoms with Crippen LogP contribution in [0.25, 0.3) is 6.08 Å². The minimum absolute atomic E-state index is 0.0834. The molecule has 1 amide bonds. The average Bonchev–Trinajstić information content (AvgIpc) is 3.36. The lowest BCUT2D eigenvalue weighted by molar-refractivity contribution is -0.111. The zero-order valence-electron chi connectivity index (χ0n) is 18.1. The van der Waals surface area contributed by atoms with Gasteiger partial charge in [0.2, 0.25) is 5.91 Å². The van der Waals surface area contributed by atoms with Gasteiger partial charge < -0.3 is 19.5 Å². The minimum atomic E-state index is -0.283. The monoisotopic (exact) mass is 464 g/mol. The molecule has 4 rings (SSSR count). The number of aromatic nitrogens is 1. The van der Waals surface area contributed by atoms with E-state index in [4.69, 9.17) is 25.8 Å². The predicted octanol–water partition coefficient (Wildman–Crippen LogP) is 5.52. The number of carbonyl (C=O) groups excluding carboxylic acids is 1. The van der Waals surface area contributed by atoms with E-state index in [0.29, 0.717) is 29.7 Å². The summed E-state index contributed by atoms with van der Waals surface area (Å²) in [5.41, 5.74) is 2.25. The Morgan fingerprint density at radius 2 is 2.03 bits per heavy atom. The normalized spacial score (nSPS) is 15.5. The van der Waals surface area contributed by atoms with Crippen molar-refractivity contribution in [1.82, 2.24) is 4.98 Å². The maximum absolute atomic E-state index is 12.5. The first-order chi connectivity index (χ1) is 16.2. The second-order valence-corrected chi connectivity index (χ2v) is 8.02. The molecule has 1 saturated heterocycles. The SMILES string of the molecule is O=C(/C=C/c1ccc(OCc2ccccn2)cc1)Nc1cc(Cl)ccc1OCC1CCCO1. The number of pyridine rings is 1. The Hall–Kier alpha value is -3.35. The van der Waals surface area contributed by atoms with Crippen LogP contribution in [-0.4, -0.2) is 30.2 Å². The Bertz CT molecular complexity index is 1080. The molecular weight excluding hydrogens is 440 g/mol. The number of nitrogens with one attached hydrogen (secondary N) is 1. The van der Waals surface area contributed by atoms with Gasteiger partial charge in [-0.1, -0.05) is 29.8 Å². The highest BCUT2D eigenvalue weighted by molar-refractivity contribution is 6.31. The summed E-state index contributed by atoms with van der Waals surface area (Å²) in [6, 6.07) is 18.3. The van der Waals surface area contributed by atoms with Crippen LogP contribution in [0, 0.1) is 0 Å². The van der Waals surface area contributed by atoms with E-state index in [0.717, 1.165) is 36.5 Å². The number of anilines is 1. The largest absolute Gasteiger partial charge is 0.489 e. The second-order valence-electron chi connectivity index (χ2n) is 7.59. The van der Waals surface area contributed by atoms with Crippen LogP contribution in [0.15, 0.2) is 72.9 Å². The Labute approximate surface area is 198 Å². The number of halogens is 1. The van der Waals surface area contributed by atoms with Crippen molar-refractivity contribution < 1.29 is 19.0 Å². The third-order valence-electron chi connectivity index (χ3n) is 5.07. The molecule has 1 fully saturated rings. The van der Waals surface area contributed by atoms with Gasteiger partial charge in [-0.05, 0) is 66.9 Å².